The number of carbonyl (C=O) groups excluding carboxylic acids is 1. The molecule has 2 aromatic heterocycles. The van der Waals surface area contributed by atoms with Gasteiger partial charge in [-0.15, -0.1) is 0 Å². The van der Waals surface area contributed by atoms with Crippen molar-refractivity contribution < 1.29 is 14.7 Å². The molecule has 0 fully saturated rings. The van der Waals surface area contributed by atoms with E-state index in [1.807, 2.05) is 0 Å². The van der Waals surface area contributed by atoms with Gasteiger partial charge in [-0.3, -0.25) is 15.1 Å². The van der Waals surface area contributed by atoms with Gasteiger partial charge in [-0.2, -0.15) is 0 Å². The van der Waals surface area contributed by atoms with Gasteiger partial charge >= 0.3 is 5.97 Å². The molecule has 0 aromatic carbocycles. The first-order valence-corrected chi connectivity index (χ1v) is 6.47. The van der Waals surface area contributed by atoms with Crippen LogP contribution in [0, 0.1) is 6.92 Å². The molecule has 2 N–H and O–H groups in total. The summed E-state index contributed by atoms with van der Waals surface area (Å²) in [6, 6.07) is 3.29. The Labute approximate surface area is 118 Å². The molecular weight excluding hydrogens is 278 g/mol. The maximum Gasteiger partial charge on any atom is 0.328 e. The molecule has 6 nitrogen and oxygen atoms in total. The number of hydrogen-bond donors (Lipinski definition) is 2. The van der Waals surface area contributed by atoms with Gasteiger partial charge in [0.2, 0.25) is 0 Å². The summed E-state index contributed by atoms with van der Waals surface area (Å²) in [6.45, 7) is 1.80. The SMILES string of the molecule is Cc1cc(C(=O)Nc2ncc(/C=C/C(=O)O)s2)ccn1. The standard InChI is InChI=1S/C13H11N3O3S/c1-8-6-9(4-5-14-8)12(19)16-13-15-7-10(20-13)2-3-11(17)18/h2-7H,1H3,(H,17,18)(H,15,16,19)/b3-2+. The zero-order chi connectivity index (χ0) is 14.5. The minimum absolute atomic E-state index is 0.279. The van der Waals surface area contributed by atoms with Crippen LogP contribution in [0.25, 0.3) is 6.08 Å². The lowest BCUT2D eigenvalue weighted by Gasteiger charge is -2.01. The fourth-order valence-electron chi connectivity index (χ4n) is 1.43. The second kappa shape index (κ2) is 6.07. The van der Waals surface area contributed by atoms with Gasteiger partial charge in [-0.25, -0.2) is 9.78 Å². The van der Waals surface area contributed by atoms with Gasteiger partial charge in [0.1, 0.15) is 0 Å². The van der Waals surface area contributed by atoms with Gasteiger partial charge in [0.05, 0.1) is 0 Å². The molecule has 2 rings (SSSR count). The number of aryl methyl sites for hydroxylation is 1. The van der Waals surface area contributed by atoms with Gasteiger partial charge in [-0.05, 0) is 25.1 Å². The summed E-state index contributed by atoms with van der Waals surface area (Å²) < 4.78 is 0. The van der Waals surface area contributed by atoms with E-state index in [-0.39, 0.29) is 5.91 Å². The highest BCUT2D eigenvalue weighted by atomic mass is 32.1. The fraction of sp³-hybridized carbons (Fsp3) is 0.0769. The highest BCUT2D eigenvalue weighted by molar-refractivity contribution is 7.16. The fourth-order valence-corrected chi connectivity index (χ4v) is 2.14. The molecule has 1 amide bonds. The Hall–Kier alpha value is -2.54. The predicted octanol–water partition coefficient (Wildman–Crippen LogP) is 2.20. The smallest absolute Gasteiger partial charge is 0.328 e. The normalized spacial score (nSPS) is 10.7. The molecule has 0 saturated heterocycles. The zero-order valence-electron chi connectivity index (χ0n) is 10.5. The van der Waals surface area contributed by atoms with Crippen LogP contribution in [-0.4, -0.2) is 27.0 Å². The second-order valence-corrected chi connectivity index (χ2v) is 4.94. The Morgan fingerprint density at radius 2 is 2.20 bits per heavy atom. The van der Waals surface area contributed by atoms with E-state index in [4.69, 9.17) is 5.11 Å². The molecule has 0 aliphatic rings. The third-order valence-electron chi connectivity index (χ3n) is 2.29. The minimum Gasteiger partial charge on any atom is -0.478 e. The Morgan fingerprint density at radius 1 is 1.40 bits per heavy atom. The monoisotopic (exact) mass is 289 g/mol. The molecule has 0 bridgehead atoms. The van der Waals surface area contributed by atoms with Crippen molar-refractivity contribution in [2.24, 2.45) is 0 Å². The van der Waals surface area contributed by atoms with E-state index < -0.39 is 5.97 Å². The van der Waals surface area contributed by atoms with E-state index in [2.05, 4.69) is 15.3 Å². The maximum atomic E-state index is 12.0. The van der Waals surface area contributed by atoms with Crippen LogP contribution in [-0.2, 0) is 4.79 Å². The van der Waals surface area contributed by atoms with Crippen LogP contribution in [0.1, 0.15) is 20.9 Å². The first kappa shape index (κ1) is 13.9. The molecular formula is C13H11N3O3S. The van der Waals surface area contributed by atoms with E-state index in [1.54, 1.807) is 25.3 Å². The van der Waals surface area contributed by atoms with Crippen molar-refractivity contribution in [3.8, 4) is 0 Å². The number of nitrogens with one attached hydrogen (secondary N) is 1. The van der Waals surface area contributed by atoms with E-state index in [1.165, 1.54) is 23.6 Å². The zero-order valence-corrected chi connectivity index (χ0v) is 11.3. The molecule has 0 atom stereocenters. The second-order valence-electron chi connectivity index (χ2n) is 3.88. The maximum absolute atomic E-state index is 12.0. The van der Waals surface area contributed by atoms with Crippen LogP contribution < -0.4 is 5.32 Å². The third kappa shape index (κ3) is 3.72. The van der Waals surface area contributed by atoms with Crippen molar-refractivity contribution in [1.82, 2.24) is 9.97 Å². The largest absolute Gasteiger partial charge is 0.478 e. The van der Waals surface area contributed by atoms with Crippen LogP contribution >= 0.6 is 11.3 Å². The molecule has 2 aromatic rings. The van der Waals surface area contributed by atoms with Crippen molar-refractivity contribution in [3.63, 3.8) is 0 Å². The number of carboxylic acid groups (broad SMARTS) is 1. The first-order chi connectivity index (χ1) is 9.54. The summed E-state index contributed by atoms with van der Waals surface area (Å²) in [6.07, 6.45) is 5.50. The van der Waals surface area contributed by atoms with E-state index >= 15 is 0 Å². The van der Waals surface area contributed by atoms with Gasteiger partial charge in [0, 0.05) is 34.6 Å². The van der Waals surface area contributed by atoms with Crippen LogP contribution in [0.5, 0.6) is 0 Å². The summed E-state index contributed by atoms with van der Waals surface area (Å²) in [7, 11) is 0. The molecule has 102 valence electrons. The molecule has 0 spiro atoms. The summed E-state index contributed by atoms with van der Waals surface area (Å²) >= 11 is 1.19. The quantitative estimate of drug-likeness (QED) is 0.842. The molecule has 7 heteroatoms. The average Bonchev–Trinajstić information content (AvgIpc) is 2.84. The van der Waals surface area contributed by atoms with Crippen LogP contribution in [0.15, 0.2) is 30.6 Å². The first-order valence-electron chi connectivity index (χ1n) is 5.65. The number of nitrogens with zero attached hydrogens (tertiary/aromatic N) is 2. The van der Waals surface area contributed by atoms with Crippen molar-refractivity contribution in [2.75, 3.05) is 5.32 Å². The lowest BCUT2D eigenvalue weighted by molar-refractivity contribution is -0.131. The van der Waals surface area contributed by atoms with Crippen molar-refractivity contribution >= 4 is 34.4 Å². The topological polar surface area (TPSA) is 92.2 Å². The van der Waals surface area contributed by atoms with Gasteiger partial charge in [-0.1, -0.05) is 11.3 Å². The summed E-state index contributed by atoms with van der Waals surface area (Å²) in [5.74, 6) is -1.31. The van der Waals surface area contributed by atoms with Crippen LogP contribution in [0.4, 0.5) is 5.13 Å². The number of rotatable bonds is 4. The molecule has 0 unspecified atom stereocenters. The summed E-state index contributed by atoms with van der Waals surface area (Å²) in [5.41, 5.74) is 1.25. The van der Waals surface area contributed by atoms with Gasteiger partial charge in [0.25, 0.3) is 5.91 Å². The number of anilines is 1. The number of amides is 1. The summed E-state index contributed by atoms with van der Waals surface area (Å²) in [5, 5.41) is 11.6. The highest BCUT2D eigenvalue weighted by Crippen LogP contribution is 2.20. The number of hydrogen-bond acceptors (Lipinski definition) is 5. The molecule has 0 saturated carbocycles. The molecule has 0 aliphatic carbocycles. The van der Waals surface area contributed by atoms with Crippen molar-refractivity contribution in [1.29, 1.82) is 0 Å². The van der Waals surface area contributed by atoms with Crippen LogP contribution in [0.3, 0.4) is 0 Å². The van der Waals surface area contributed by atoms with E-state index in [9.17, 15) is 9.59 Å². The minimum atomic E-state index is -1.03. The summed E-state index contributed by atoms with van der Waals surface area (Å²) in [4.78, 5) is 31.0. The number of aromatic nitrogens is 2. The van der Waals surface area contributed by atoms with Gasteiger partial charge in [0.15, 0.2) is 5.13 Å². The molecule has 0 aliphatic heterocycles. The highest BCUT2D eigenvalue weighted by Gasteiger charge is 2.08. The predicted molar refractivity (Wildman–Crippen MR) is 75.7 cm³/mol. The molecule has 2 heterocycles. The number of carbonyl (C=O) groups is 2. The third-order valence-corrected chi connectivity index (χ3v) is 3.17. The Bertz CT molecular complexity index is 679. The molecule has 20 heavy (non-hydrogen) atoms. The Morgan fingerprint density at radius 3 is 2.90 bits per heavy atom. The number of aliphatic carboxylic acids is 1. The van der Waals surface area contributed by atoms with Crippen molar-refractivity contribution in [3.05, 3.63) is 46.7 Å². The average molecular weight is 289 g/mol. The van der Waals surface area contributed by atoms with E-state index in [0.717, 1.165) is 11.8 Å². The Balaban J connectivity index is 2.07. The number of carboxylic acids is 1. The lowest BCUT2D eigenvalue weighted by Crippen LogP contribution is -2.11. The Kier molecular flexibility index (Phi) is 4.21. The van der Waals surface area contributed by atoms with E-state index in [0.29, 0.717) is 15.6 Å². The number of thiazole rings is 1. The lowest BCUT2D eigenvalue weighted by atomic mass is 10.2. The number of pyridine rings is 1. The van der Waals surface area contributed by atoms with Gasteiger partial charge < -0.3 is 5.11 Å². The van der Waals surface area contributed by atoms with Crippen LogP contribution in [0.2, 0.25) is 0 Å². The molecule has 0 radical (unpaired) electrons. The van der Waals surface area contributed by atoms with Crippen molar-refractivity contribution in [2.45, 2.75) is 6.92 Å².